The SMILES string of the molecule is CN(CCO)C(=O)c1ccc2c(c1)CCC(=O)N2. The van der Waals surface area contributed by atoms with Crippen LogP contribution in [-0.2, 0) is 11.2 Å². The van der Waals surface area contributed by atoms with Crippen LogP contribution in [0.15, 0.2) is 18.2 Å². The van der Waals surface area contributed by atoms with Crippen molar-refractivity contribution in [2.24, 2.45) is 0 Å². The highest BCUT2D eigenvalue weighted by Gasteiger charge is 2.18. The smallest absolute Gasteiger partial charge is 0.253 e. The van der Waals surface area contributed by atoms with Gasteiger partial charge in [-0.1, -0.05) is 0 Å². The molecule has 0 unspecified atom stereocenters. The van der Waals surface area contributed by atoms with Crippen LogP contribution in [0.1, 0.15) is 22.3 Å². The third-order valence-corrected chi connectivity index (χ3v) is 3.03. The lowest BCUT2D eigenvalue weighted by molar-refractivity contribution is -0.116. The van der Waals surface area contributed by atoms with E-state index in [4.69, 9.17) is 5.11 Å². The number of aliphatic hydroxyl groups excluding tert-OH is 1. The molecule has 0 aliphatic carbocycles. The minimum Gasteiger partial charge on any atom is -0.395 e. The van der Waals surface area contributed by atoms with Crippen LogP contribution in [0.4, 0.5) is 5.69 Å². The van der Waals surface area contributed by atoms with Crippen molar-refractivity contribution in [3.63, 3.8) is 0 Å². The number of carbonyl (C=O) groups is 2. The molecule has 0 aromatic heterocycles. The molecule has 0 saturated heterocycles. The number of aliphatic hydroxyl groups is 1. The van der Waals surface area contributed by atoms with Gasteiger partial charge in [0.2, 0.25) is 5.91 Å². The Balaban J connectivity index is 2.21. The number of anilines is 1. The quantitative estimate of drug-likeness (QED) is 0.824. The summed E-state index contributed by atoms with van der Waals surface area (Å²) in [5.41, 5.74) is 2.35. The lowest BCUT2D eigenvalue weighted by atomic mass is 10.00. The summed E-state index contributed by atoms with van der Waals surface area (Å²) in [6, 6.07) is 5.26. The maximum absolute atomic E-state index is 12.0. The van der Waals surface area contributed by atoms with E-state index < -0.39 is 0 Å². The fraction of sp³-hybridized carbons (Fsp3) is 0.385. The molecule has 96 valence electrons. The van der Waals surface area contributed by atoms with Gasteiger partial charge < -0.3 is 15.3 Å². The summed E-state index contributed by atoms with van der Waals surface area (Å²) < 4.78 is 0. The van der Waals surface area contributed by atoms with Crippen molar-refractivity contribution >= 4 is 17.5 Å². The van der Waals surface area contributed by atoms with Crippen molar-refractivity contribution in [3.05, 3.63) is 29.3 Å². The van der Waals surface area contributed by atoms with E-state index in [1.54, 1.807) is 19.2 Å². The summed E-state index contributed by atoms with van der Waals surface area (Å²) in [7, 11) is 1.65. The van der Waals surface area contributed by atoms with Crippen molar-refractivity contribution in [1.29, 1.82) is 0 Å². The second-order valence-electron chi connectivity index (χ2n) is 4.37. The van der Waals surface area contributed by atoms with Crippen molar-refractivity contribution in [2.75, 3.05) is 25.5 Å². The molecule has 2 N–H and O–H groups in total. The third-order valence-electron chi connectivity index (χ3n) is 3.03. The van der Waals surface area contributed by atoms with Gasteiger partial charge in [0.15, 0.2) is 0 Å². The average Bonchev–Trinajstić information content (AvgIpc) is 2.37. The lowest BCUT2D eigenvalue weighted by Crippen LogP contribution is -2.29. The zero-order chi connectivity index (χ0) is 13.1. The van der Waals surface area contributed by atoms with Crippen molar-refractivity contribution < 1.29 is 14.7 Å². The van der Waals surface area contributed by atoms with E-state index in [9.17, 15) is 9.59 Å². The van der Waals surface area contributed by atoms with Crippen LogP contribution in [0.25, 0.3) is 0 Å². The Kier molecular flexibility index (Phi) is 3.62. The molecule has 0 fully saturated rings. The van der Waals surface area contributed by atoms with Crippen LogP contribution in [0.3, 0.4) is 0 Å². The standard InChI is InChI=1S/C13H16N2O3/c1-15(6-7-16)13(18)10-2-4-11-9(8-10)3-5-12(17)14-11/h2,4,8,16H,3,5-7H2,1H3,(H,14,17). The van der Waals surface area contributed by atoms with Gasteiger partial charge in [0, 0.05) is 31.3 Å². The van der Waals surface area contributed by atoms with E-state index in [0.29, 0.717) is 24.9 Å². The topological polar surface area (TPSA) is 69.6 Å². The number of amides is 2. The molecular weight excluding hydrogens is 232 g/mol. The monoisotopic (exact) mass is 248 g/mol. The Hall–Kier alpha value is -1.88. The van der Waals surface area contributed by atoms with Gasteiger partial charge >= 0.3 is 0 Å². The normalized spacial score (nSPS) is 13.8. The van der Waals surface area contributed by atoms with E-state index in [1.807, 2.05) is 6.07 Å². The molecule has 0 bridgehead atoms. The number of aryl methyl sites for hydroxylation is 1. The first-order valence-corrected chi connectivity index (χ1v) is 5.91. The summed E-state index contributed by atoms with van der Waals surface area (Å²) in [4.78, 5) is 24.7. The Morgan fingerprint density at radius 1 is 1.44 bits per heavy atom. The van der Waals surface area contributed by atoms with Crippen molar-refractivity contribution in [1.82, 2.24) is 4.90 Å². The average molecular weight is 248 g/mol. The summed E-state index contributed by atoms with van der Waals surface area (Å²) in [6.07, 6.45) is 1.11. The van der Waals surface area contributed by atoms with Gasteiger partial charge in [-0.3, -0.25) is 9.59 Å². The maximum atomic E-state index is 12.0. The van der Waals surface area contributed by atoms with Crippen LogP contribution in [0.2, 0.25) is 0 Å². The van der Waals surface area contributed by atoms with Crippen molar-refractivity contribution in [3.8, 4) is 0 Å². The largest absolute Gasteiger partial charge is 0.395 e. The molecule has 1 aromatic rings. The van der Waals surface area contributed by atoms with E-state index >= 15 is 0 Å². The molecule has 1 aliphatic heterocycles. The third kappa shape index (κ3) is 2.51. The number of nitrogens with zero attached hydrogens (tertiary/aromatic N) is 1. The van der Waals surface area contributed by atoms with Gasteiger partial charge in [-0.25, -0.2) is 0 Å². The second kappa shape index (κ2) is 5.18. The summed E-state index contributed by atoms with van der Waals surface area (Å²) in [5, 5.41) is 11.6. The second-order valence-corrected chi connectivity index (χ2v) is 4.37. The fourth-order valence-electron chi connectivity index (χ4n) is 1.99. The molecule has 1 heterocycles. The summed E-state index contributed by atoms with van der Waals surface area (Å²) in [6.45, 7) is 0.260. The number of hydrogen-bond acceptors (Lipinski definition) is 3. The van der Waals surface area contributed by atoms with Gasteiger partial charge in [-0.2, -0.15) is 0 Å². The highest BCUT2D eigenvalue weighted by Crippen LogP contribution is 2.23. The first-order valence-electron chi connectivity index (χ1n) is 5.91. The van der Waals surface area contributed by atoms with E-state index in [0.717, 1.165) is 11.3 Å². The van der Waals surface area contributed by atoms with Crippen molar-refractivity contribution in [2.45, 2.75) is 12.8 Å². The van der Waals surface area contributed by atoms with Gasteiger partial charge in [-0.05, 0) is 30.2 Å². The van der Waals surface area contributed by atoms with Gasteiger partial charge in [0.1, 0.15) is 0 Å². The van der Waals surface area contributed by atoms with Gasteiger partial charge in [0.05, 0.1) is 6.61 Å². The van der Waals surface area contributed by atoms with E-state index in [1.165, 1.54) is 4.90 Å². The van der Waals surface area contributed by atoms with Crippen LogP contribution >= 0.6 is 0 Å². The molecule has 0 spiro atoms. The Labute approximate surface area is 105 Å². The molecule has 5 nitrogen and oxygen atoms in total. The number of fused-ring (bicyclic) bond motifs is 1. The van der Waals surface area contributed by atoms with Gasteiger partial charge in [-0.15, -0.1) is 0 Å². The van der Waals surface area contributed by atoms with Crippen LogP contribution in [0.5, 0.6) is 0 Å². The molecular formula is C13H16N2O3. The predicted octanol–water partition coefficient (Wildman–Crippen LogP) is 0.636. The minimum absolute atomic E-state index is 0.0129. The number of hydrogen-bond donors (Lipinski definition) is 2. The molecule has 1 aliphatic rings. The van der Waals surface area contributed by atoms with Crippen LogP contribution < -0.4 is 5.32 Å². The Morgan fingerprint density at radius 2 is 2.22 bits per heavy atom. The number of rotatable bonds is 3. The highest BCUT2D eigenvalue weighted by molar-refractivity contribution is 5.97. The zero-order valence-corrected chi connectivity index (χ0v) is 10.3. The van der Waals surface area contributed by atoms with Crippen LogP contribution in [0, 0.1) is 0 Å². The number of benzene rings is 1. The lowest BCUT2D eigenvalue weighted by Gasteiger charge is -2.19. The number of likely N-dealkylation sites (N-methyl/N-ethyl adjacent to an activating group) is 1. The zero-order valence-electron chi connectivity index (χ0n) is 10.3. The number of nitrogens with one attached hydrogen (secondary N) is 1. The molecule has 2 rings (SSSR count). The molecule has 18 heavy (non-hydrogen) atoms. The molecule has 2 amide bonds. The summed E-state index contributed by atoms with van der Waals surface area (Å²) in [5.74, 6) is -0.109. The Morgan fingerprint density at radius 3 is 2.94 bits per heavy atom. The number of carbonyl (C=O) groups excluding carboxylic acids is 2. The van der Waals surface area contributed by atoms with E-state index in [2.05, 4.69) is 5.32 Å². The summed E-state index contributed by atoms with van der Waals surface area (Å²) >= 11 is 0. The molecule has 0 atom stereocenters. The van der Waals surface area contributed by atoms with Gasteiger partial charge in [0.25, 0.3) is 5.91 Å². The highest BCUT2D eigenvalue weighted by atomic mass is 16.3. The molecule has 0 radical (unpaired) electrons. The Bertz CT molecular complexity index is 485. The molecule has 5 heteroatoms. The maximum Gasteiger partial charge on any atom is 0.253 e. The first kappa shape index (κ1) is 12.6. The van der Waals surface area contributed by atoms with Crippen LogP contribution in [-0.4, -0.2) is 42.0 Å². The van der Waals surface area contributed by atoms with E-state index in [-0.39, 0.29) is 18.4 Å². The predicted molar refractivity (Wildman–Crippen MR) is 67.4 cm³/mol. The molecule has 0 saturated carbocycles. The minimum atomic E-state index is -0.122. The fourth-order valence-corrected chi connectivity index (χ4v) is 1.99. The molecule has 1 aromatic carbocycles. The first-order chi connectivity index (χ1) is 8.61.